The Balaban J connectivity index is 1.63. The summed E-state index contributed by atoms with van der Waals surface area (Å²) in [4.78, 5) is 32.4. The van der Waals surface area contributed by atoms with E-state index in [2.05, 4.69) is 35.2 Å². The summed E-state index contributed by atoms with van der Waals surface area (Å²) < 4.78 is 10.9. The normalized spacial score (nSPS) is 18.3. The van der Waals surface area contributed by atoms with Crippen molar-refractivity contribution in [3.8, 4) is 0 Å². The van der Waals surface area contributed by atoms with E-state index in [1.165, 1.54) is 5.56 Å². The maximum atomic E-state index is 13.5. The minimum Gasteiger partial charge on any atom is -0.379 e. The summed E-state index contributed by atoms with van der Waals surface area (Å²) in [6, 6.07) is 8.15. The number of anilines is 1. The Kier molecular flexibility index (Phi) is 9.53. The van der Waals surface area contributed by atoms with E-state index >= 15 is 0 Å². The third kappa shape index (κ3) is 6.95. The number of morpholine rings is 1. The molecule has 1 fully saturated rings. The van der Waals surface area contributed by atoms with E-state index < -0.39 is 0 Å². The van der Waals surface area contributed by atoms with Crippen LogP contribution in [-0.2, 0) is 29.0 Å². The highest BCUT2D eigenvalue weighted by atomic mass is 16.5. The fourth-order valence-corrected chi connectivity index (χ4v) is 5.06. The van der Waals surface area contributed by atoms with Gasteiger partial charge in [0.15, 0.2) is 5.69 Å². The van der Waals surface area contributed by atoms with Crippen molar-refractivity contribution in [2.45, 2.75) is 71.9 Å². The molecule has 0 radical (unpaired) electrons. The summed E-state index contributed by atoms with van der Waals surface area (Å²) in [5, 5.41) is 4.07. The minimum atomic E-state index is -0.115. The quantitative estimate of drug-likeness (QED) is 0.610. The molecule has 0 aliphatic carbocycles. The highest BCUT2D eigenvalue weighted by molar-refractivity contribution is 5.94. The number of hydrogen-bond acceptors (Lipinski definition) is 6. The van der Waals surface area contributed by atoms with Crippen LogP contribution in [0.15, 0.2) is 28.8 Å². The van der Waals surface area contributed by atoms with Crippen LogP contribution >= 0.6 is 0 Å². The molecular formula is C28H40N4O4. The van der Waals surface area contributed by atoms with Crippen molar-refractivity contribution in [3.63, 3.8) is 0 Å². The van der Waals surface area contributed by atoms with Crippen molar-refractivity contribution < 1.29 is 18.8 Å². The van der Waals surface area contributed by atoms with Crippen molar-refractivity contribution >= 4 is 17.5 Å². The van der Waals surface area contributed by atoms with E-state index in [-0.39, 0.29) is 11.8 Å². The molecule has 8 heteroatoms. The molecule has 2 aliphatic heterocycles. The van der Waals surface area contributed by atoms with Gasteiger partial charge < -0.3 is 19.1 Å². The van der Waals surface area contributed by atoms with Crippen LogP contribution in [0.5, 0.6) is 0 Å². The predicted molar refractivity (Wildman–Crippen MR) is 139 cm³/mol. The summed E-state index contributed by atoms with van der Waals surface area (Å²) >= 11 is 0. The first-order valence-electron chi connectivity index (χ1n) is 13.5. The maximum Gasteiger partial charge on any atom is 0.276 e. The molecule has 4 rings (SSSR count). The van der Waals surface area contributed by atoms with E-state index in [1.54, 1.807) is 13.0 Å². The summed E-state index contributed by atoms with van der Waals surface area (Å²) in [7, 11) is 0. The van der Waals surface area contributed by atoms with Crippen LogP contribution in [0.3, 0.4) is 0 Å². The number of nitrogens with zero attached hydrogens (tertiary/aromatic N) is 4. The highest BCUT2D eigenvalue weighted by Crippen LogP contribution is 2.27. The van der Waals surface area contributed by atoms with Gasteiger partial charge in [-0.05, 0) is 36.5 Å². The molecule has 0 N–H and O–H groups in total. The Morgan fingerprint density at radius 1 is 0.972 bits per heavy atom. The molecule has 1 aromatic heterocycles. The number of carbonyl (C=O) groups is 2. The molecule has 8 nitrogen and oxygen atoms in total. The summed E-state index contributed by atoms with van der Waals surface area (Å²) in [6.45, 7) is 9.65. The van der Waals surface area contributed by atoms with Crippen LogP contribution in [0.4, 0.5) is 5.69 Å². The van der Waals surface area contributed by atoms with Gasteiger partial charge >= 0.3 is 0 Å². The molecule has 0 unspecified atom stereocenters. The number of rotatable bonds is 5. The molecule has 36 heavy (non-hydrogen) atoms. The summed E-state index contributed by atoms with van der Waals surface area (Å²) in [6.07, 6.45) is 6.87. The van der Waals surface area contributed by atoms with E-state index in [0.717, 1.165) is 94.8 Å². The van der Waals surface area contributed by atoms with Crippen LogP contribution in [0, 0.1) is 0 Å². The monoisotopic (exact) mass is 496 g/mol. The lowest BCUT2D eigenvalue weighted by Gasteiger charge is -2.30. The molecule has 3 heterocycles. The van der Waals surface area contributed by atoms with Crippen molar-refractivity contribution in [2.75, 3.05) is 44.3 Å². The highest BCUT2D eigenvalue weighted by Gasteiger charge is 2.24. The molecule has 0 bridgehead atoms. The average Bonchev–Trinajstić information content (AvgIpc) is 3.34. The Morgan fingerprint density at radius 2 is 1.72 bits per heavy atom. The first-order chi connectivity index (χ1) is 17.5. The van der Waals surface area contributed by atoms with Gasteiger partial charge in [0, 0.05) is 64.4 Å². The third-order valence-electron chi connectivity index (χ3n) is 7.06. The standard InChI is InChI=1S/C28H40N4O4/c1-3-9-25-19-26(29-36-25)28(34)31-12-7-5-4-6-8-13-32(22(2)33)27-18-23(10-11-24(27)21-31)20-30-14-16-35-17-15-30/h10-11,18-19H,3-9,12-17,20-21H2,1-2H3. The van der Waals surface area contributed by atoms with E-state index in [9.17, 15) is 9.59 Å². The molecule has 196 valence electrons. The second kappa shape index (κ2) is 13.0. The van der Waals surface area contributed by atoms with Gasteiger partial charge in [0.05, 0.1) is 13.2 Å². The van der Waals surface area contributed by atoms with Gasteiger partial charge in [0.25, 0.3) is 5.91 Å². The Hall–Kier alpha value is -2.71. The summed E-state index contributed by atoms with van der Waals surface area (Å²) in [5.74, 6) is 0.664. The number of carbonyl (C=O) groups excluding carboxylic acids is 2. The molecule has 2 aliphatic rings. The maximum absolute atomic E-state index is 13.5. The van der Waals surface area contributed by atoms with Crippen LogP contribution in [0.2, 0.25) is 0 Å². The van der Waals surface area contributed by atoms with Gasteiger partial charge in [-0.1, -0.05) is 43.5 Å². The Bertz CT molecular complexity index is 1010. The second-order valence-electron chi connectivity index (χ2n) is 9.95. The van der Waals surface area contributed by atoms with Crippen molar-refractivity contribution in [2.24, 2.45) is 0 Å². The Labute approximate surface area is 214 Å². The predicted octanol–water partition coefficient (Wildman–Crippen LogP) is 4.42. The number of ether oxygens (including phenoxy) is 1. The fraction of sp³-hybridized carbons (Fsp3) is 0.607. The van der Waals surface area contributed by atoms with Crippen molar-refractivity contribution in [1.82, 2.24) is 15.0 Å². The lowest BCUT2D eigenvalue weighted by atomic mass is 10.0. The largest absolute Gasteiger partial charge is 0.379 e. The van der Waals surface area contributed by atoms with Crippen LogP contribution < -0.4 is 4.90 Å². The second-order valence-corrected chi connectivity index (χ2v) is 9.95. The zero-order chi connectivity index (χ0) is 25.3. The van der Waals surface area contributed by atoms with Crippen molar-refractivity contribution in [3.05, 3.63) is 46.8 Å². The fourth-order valence-electron chi connectivity index (χ4n) is 5.06. The number of benzene rings is 1. The first kappa shape index (κ1) is 26.4. The number of hydrogen-bond donors (Lipinski definition) is 0. The van der Waals surface area contributed by atoms with Gasteiger partial charge in [-0.2, -0.15) is 0 Å². The topological polar surface area (TPSA) is 79.1 Å². The lowest BCUT2D eigenvalue weighted by Crippen LogP contribution is -2.36. The number of fused-ring (bicyclic) bond motifs is 1. The number of amides is 2. The van der Waals surface area contributed by atoms with Gasteiger partial charge in [-0.3, -0.25) is 14.5 Å². The van der Waals surface area contributed by atoms with Gasteiger partial charge in [-0.15, -0.1) is 0 Å². The molecular weight excluding hydrogens is 456 g/mol. The average molecular weight is 497 g/mol. The molecule has 1 aromatic carbocycles. The zero-order valence-electron chi connectivity index (χ0n) is 21.8. The summed E-state index contributed by atoms with van der Waals surface area (Å²) in [5.41, 5.74) is 3.44. The van der Waals surface area contributed by atoms with E-state index in [1.807, 2.05) is 9.80 Å². The smallest absolute Gasteiger partial charge is 0.276 e. The minimum absolute atomic E-state index is 0.0374. The molecule has 2 amide bonds. The molecule has 0 saturated carbocycles. The first-order valence-corrected chi connectivity index (χ1v) is 13.5. The SMILES string of the molecule is CCCc1cc(C(=O)N2CCCCCCCN(C(C)=O)c3cc(CN4CCOCC4)ccc3C2)no1. The zero-order valence-corrected chi connectivity index (χ0v) is 21.8. The molecule has 0 spiro atoms. The van der Waals surface area contributed by atoms with Crippen LogP contribution in [0.25, 0.3) is 0 Å². The molecule has 2 aromatic rings. The van der Waals surface area contributed by atoms with Crippen molar-refractivity contribution in [1.29, 1.82) is 0 Å². The van der Waals surface area contributed by atoms with E-state index in [4.69, 9.17) is 9.26 Å². The molecule has 0 atom stereocenters. The lowest BCUT2D eigenvalue weighted by molar-refractivity contribution is -0.116. The van der Waals surface area contributed by atoms with Gasteiger partial charge in [0.2, 0.25) is 5.91 Å². The number of aryl methyl sites for hydroxylation is 1. The van der Waals surface area contributed by atoms with Crippen LogP contribution in [0.1, 0.15) is 79.7 Å². The third-order valence-corrected chi connectivity index (χ3v) is 7.06. The van der Waals surface area contributed by atoms with Crippen LogP contribution in [-0.4, -0.2) is 66.2 Å². The van der Waals surface area contributed by atoms with Gasteiger partial charge in [0.1, 0.15) is 5.76 Å². The van der Waals surface area contributed by atoms with Gasteiger partial charge in [-0.25, -0.2) is 0 Å². The van der Waals surface area contributed by atoms with E-state index in [0.29, 0.717) is 25.3 Å². The molecule has 1 saturated heterocycles. The number of aromatic nitrogens is 1. The Morgan fingerprint density at radius 3 is 2.47 bits per heavy atom.